The Morgan fingerprint density at radius 2 is 2.28 bits per heavy atom. The third-order valence-corrected chi connectivity index (χ3v) is 3.56. The normalized spacial score (nSPS) is 18.7. The highest BCUT2D eigenvalue weighted by Crippen LogP contribution is 2.36. The molecular formula is C12H12ClFN4. The number of aryl methyl sites for hydroxylation is 1. The van der Waals surface area contributed by atoms with Crippen LogP contribution in [0.1, 0.15) is 30.1 Å². The first kappa shape index (κ1) is 11.5. The molecule has 0 radical (unpaired) electrons. The van der Waals surface area contributed by atoms with Crippen molar-refractivity contribution in [1.29, 1.82) is 0 Å². The minimum Gasteiger partial charge on any atom is -0.366 e. The van der Waals surface area contributed by atoms with E-state index < -0.39 is 0 Å². The first-order valence-electron chi connectivity index (χ1n) is 5.80. The molecule has 2 N–H and O–H groups in total. The van der Waals surface area contributed by atoms with E-state index in [9.17, 15) is 4.39 Å². The van der Waals surface area contributed by atoms with Crippen molar-refractivity contribution in [2.45, 2.75) is 25.3 Å². The minimum atomic E-state index is -0.333. The molecule has 3 rings (SSSR count). The smallest absolute Gasteiger partial charge is 0.239 e. The summed E-state index contributed by atoms with van der Waals surface area (Å²) < 4.78 is 14.9. The van der Waals surface area contributed by atoms with Gasteiger partial charge in [-0.25, -0.2) is 9.07 Å². The number of hydrogen-bond acceptors (Lipinski definition) is 3. The van der Waals surface area contributed by atoms with E-state index >= 15 is 0 Å². The maximum atomic E-state index is 13.1. The standard InChI is InChI=1S/C12H12ClFN4/c13-10-6-7(14)3-4-8(10)9-2-1-5-18-11(9)16-12(15)17-18/h3-4,6,9H,1-2,5H2,(H2,15,17). The SMILES string of the molecule is Nc1nc2n(n1)CCCC2c1ccc(F)cc1Cl. The van der Waals surface area contributed by atoms with Crippen LogP contribution in [0.25, 0.3) is 0 Å². The zero-order valence-corrected chi connectivity index (χ0v) is 10.4. The van der Waals surface area contributed by atoms with E-state index in [1.165, 1.54) is 12.1 Å². The van der Waals surface area contributed by atoms with Crippen molar-refractivity contribution >= 4 is 17.5 Å². The maximum absolute atomic E-state index is 13.1. The minimum absolute atomic E-state index is 0.0386. The Morgan fingerprint density at radius 3 is 3.06 bits per heavy atom. The fourth-order valence-corrected chi connectivity index (χ4v) is 2.75. The van der Waals surface area contributed by atoms with Crippen molar-refractivity contribution in [2.75, 3.05) is 5.73 Å². The molecule has 1 aliphatic heterocycles. The van der Waals surface area contributed by atoms with E-state index in [1.54, 1.807) is 6.07 Å². The van der Waals surface area contributed by atoms with E-state index in [0.29, 0.717) is 5.02 Å². The number of halogens is 2. The molecule has 0 aliphatic carbocycles. The molecule has 2 aromatic rings. The topological polar surface area (TPSA) is 56.7 Å². The Hall–Kier alpha value is -1.62. The molecule has 0 spiro atoms. The monoisotopic (exact) mass is 266 g/mol. The number of nitrogen functional groups attached to an aromatic ring is 1. The van der Waals surface area contributed by atoms with Crippen LogP contribution < -0.4 is 5.73 Å². The number of hydrogen-bond donors (Lipinski definition) is 1. The zero-order valence-electron chi connectivity index (χ0n) is 9.61. The van der Waals surface area contributed by atoms with Crippen LogP contribution in [0, 0.1) is 5.82 Å². The maximum Gasteiger partial charge on any atom is 0.239 e. The van der Waals surface area contributed by atoms with Gasteiger partial charge in [-0.2, -0.15) is 4.98 Å². The summed E-state index contributed by atoms with van der Waals surface area (Å²) in [6, 6.07) is 4.46. The van der Waals surface area contributed by atoms with Crippen LogP contribution in [0.15, 0.2) is 18.2 Å². The lowest BCUT2D eigenvalue weighted by atomic mass is 9.91. The number of benzene rings is 1. The highest BCUT2D eigenvalue weighted by molar-refractivity contribution is 6.31. The van der Waals surface area contributed by atoms with E-state index in [4.69, 9.17) is 17.3 Å². The first-order chi connectivity index (χ1) is 8.65. The summed E-state index contributed by atoms with van der Waals surface area (Å²) >= 11 is 6.11. The molecule has 94 valence electrons. The van der Waals surface area contributed by atoms with Crippen LogP contribution >= 0.6 is 11.6 Å². The molecule has 1 atom stereocenters. The van der Waals surface area contributed by atoms with Crippen molar-refractivity contribution in [2.24, 2.45) is 0 Å². The van der Waals surface area contributed by atoms with Crippen molar-refractivity contribution in [3.05, 3.63) is 40.4 Å². The molecule has 4 nitrogen and oxygen atoms in total. The molecule has 0 saturated heterocycles. The van der Waals surface area contributed by atoms with E-state index in [2.05, 4.69) is 10.1 Å². The van der Waals surface area contributed by atoms with Gasteiger partial charge in [0, 0.05) is 17.5 Å². The van der Waals surface area contributed by atoms with E-state index in [1.807, 2.05) is 4.68 Å². The molecule has 0 bridgehead atoms. The zero-order chi connectivity index (χ0) is 12.7. The van der Waals surface area contributed by atoms with Crippen LogP contribution in [0.3, 0.4) is 0 Å². The number of anilines is 1. The Labute approximate surface area is 109 Å². The van der Waals surface area contributed by atoms with Gasteiger partial charge < -0.3 is 5.73 Å². The van der Waals surface area contributed by atoms with Crippen molar-refractivity contribution in [1.82, 2.24) is 14.8 Å². The summed E-state index contributed by atoms with van der Waals surface area (Å²) in [6.45, 7) is 0.814. The summed E-state index contributed by atoms with van der Waals surface area (Å²) in [5, 5.41) is 4.57. The average molecular weight is 267 g/mol. The molecular weight excluding hydrogens is 255 g/mol. The van der Waals surface area contributed by atoms with Gasteiger partial charge in [-0.15, -0.1) is 5.10 Å². The van der Waals surface area contributed by atoms with Gasteiger partial charge in [0.1, 0.15) is 11.6 Å². The summed E-state index contributed by atoms with van der Waals surface area (Å²) in [5.74, 6) is 0.791. The van der Waals surface area contributed by atoms with Crippen LogP contribution in [0.5, 0.6) is 0 Å². The van der Waals surface area contributed by atoms with Crippen molar-refractivity contribution in [3.63, 3.8) is 0 Å². The van der Waals surface area contributed by atoms with Crippen LogP contribution in [-0.4, -0.2) is 14.8 Å². The van der Waals surface area contributed by atoms with Crippen molar-refractivity contribution in [3.8, 4) is 0 Å². The number of rotatable bonds is 1. The van der Waals surface area contributed by atoms with Gasteiger partial charge in [0.25, 0.3) is 0 Å². The Morgan fingerprint density at radius 1 is 1.44 bits per heavy atom. The molecule has 2 heterocycles. The summed E-state index contributed by atoms with van der Waals surface area (Å²) in [7, 11) is 0. The molecule has 0 saturated carbocycles. The fourth-order valence-electron chi connectivity index (χ4n) is 2.45. The predicted molar refractivity (Wildman–Crippen MR) is 66.9 cm³/mol. The fraction of sp³-hybridized carbons (Fsp3) is 0.333. The third-order valence-electron chi connectivity index (χ3n) is 3.23. The number of aromatic nitrogens is 3. The van der Waals surface area contributed by atoms with Crippen molar-refractivity contribution < 1.29 is 4.39 Å². The number of nitrogens with zero attached hydrogens (tertiary/aromatic N) is 3. The molecule has 1 aromatic carbocycles. The van der Waals surface area contributed by atoms with Crippen LogP contribution in [0.2, 0.25) is 5.02 Å². The molecule has 1 unspecified atom stereocenters. The van der Waals surface area contributed by atoms with Gasteiger partial charge in [0.15, 0.2) is 0 Å². The number of fused-ring (bicyclic) bond motifs is 1. The molecule has 0 amide bonds. The molecule has 6 heteroatoms. The quantitative estimate of drug-likeness (QED) is 0.863. The second-order valence-corrected chi connectivity index (χ2v) is 4.82. The second kappa shape index (κ2) is 4.24. The predicted octanol–water partition coefficient (Wildman–Crippen LogP) is 2.58. The van der Waals surface area contributed by atoms with Gasteiger partial charge in [-0.05, 0) is 30.5 Å². The summed E-state index contributed by atoms with van der Waals surface area (Å²) in [5.41, 5.74) is 6.51. The summed E-state index contributed by atoms with van der Waals surface area (Å²) in [6.07, 6.45) is 1.90. The lowest BCUT2D eigenvalue weighted by Gasteiger charge is -2.23. The second-order valence-electron chi connectivity index (χ2n) is 4.41. The van der Waals surface area contributed by atoms with E-state index in [0.717, 1.165) is 30.8 Å². The number of nitrogens with two attached hydrogens (primary N) is 1. The van der Waals surface area contributed by atoms with Crippen LogP contribution in [0.4, 0.5) is 10.3 Å². The lowest BCUT2D eigenvalue weighted by molar-refractivity contribution is 0.446. The van der Waals surface area contributed by atoms with Gasteiger partial charge in [0.2, 0.25) is 5.95 Å². The summed E-state index contributed by atoms with van der Waals surface area (Å²) in [4.78, 5) is 4.25. The molecule has 0 fully saturated rings. The Bertz CT molecular complexity index is 596. The van der Waals surface area contributed by atoms with Gasteiger partial charge in [0.05, 0.1) is 0 Å². The Kier molecular flexibility index (Phi) is 2.70. The highest BCUT2D eigenvalue weighted by atomic mass is 35.5. The van der Waals surface area contributed by atoms with E-state index in [-0.39, 0.29) is 17.7 Å². The van der Waals surface area contributed by atoms with Crippen LogP contribution in [-0.2, 0) is 6.54 Å². The molecule has 1 aliphatic rings. The highest BCUT2D eigenvalue weighted by Gasteiger charge is 2.26. The first-order valence-corrected chi connectivity index (χ1v) is 6.18. The third kappa shape index (κ3) is 1.84. The largest absolute Gasteiger partial charge is 0.366 e. The lowest BCUT2D eigenvalue weighted by Crippen LogP contribution is -2.18. The Balaban J connectivity index is 2.07. The molecule has 18 heavy (non-hydrogen) atoms. The van der Waals surface area contributed by atoms with Gasteiger partial charge >= 0.3 is 0 Å². The average Bonchev–Trinajstić information content (AvgIpc) is 2.69. The van der Waals surface area contributed by atoms with Gasteiger partial charge in [-0.1, -0.05) is 17.7 Å². The molecule has 1 aromatic heterocycles. The van der Waals surface area contributed by atoms with Gasteiger partial charge in [-0.3, -0.25) is 0 Å².